The van der Waals surface area contributed by atoms with Crippen LogP contribution in [0.3, 0.4) is 0 Å². The van der Waals surface area contributed by atoms with Crippen molar-refractivity contribution in [3.63, 3.8) is 0 Å². The molecule has 19 heteroatoms. The molecule has 17 atom stereocenters. The third-order valence-corrected chi connectivity index (χ3v) is 19.7. The fraction of sp³-hybridized carbons (Fsp3) is 0.840. The Morgan fingerprint density at radius 1 is 0.360 bits per heavy atom. The van der Waals surface area contributed by atoms with Gasteiger partial charge in [0.05, 0.1) is 38.6 Å². The minimum Gasteiger partial charge on any atom is -0.394 e. The lowest BCUT2D eigenvalue weighted by Gasteiger charge is -2.48. The molecule has 0 spiro atoms. The van der Waals surface area contributed by atoms with E-state index in [1.807, 2.05) is 6.08 Å². The Morgan fingerprint density at radius 2 is 0.670 bits per heavy atom. The van der Waals surface area contributed by atoms with Crippen LogP contribution in [0.2, 0.25) is 0 Å². The molecule has 0 aromatic heterocycles. The molecule has 3 aliphatic rings. The number of aliphatic hydroxyl groups is 11. The van der Waals surface area contributed by atoms with Gasteiger partial charge in [0.15, 0.2) is 18.9 Å². The number of rotatable bonds is 63. The average Bonchev–Trinajstić information content (AvgIpc) is 0.783. The molecule has 0 saturated carbocycles. The van der Waals surface area contributed by atoms with Crippen molar-refractivity contribution < 1.29 is 89.4 Å². The Balaban J connectivity index is 1.40. The summed E-state index contributed by atoms with van der Waals surface area (Å²) in [6, 6.07) is -1.00. The number of nitrogens with one attached hydrogen (secondary N) is 1. The zero-order valence-electron chi connectivity index (χ0n) is 62.2. The van der Waals surface area contributed by atoms with Crippen molar-refractivity contribution in [2.24, 2.45) is 0 Å². The fourth-order valence-electron chi connectivity index (χ4n) is 13.2. The van der Waals surface area contributed by atoms with Crippen LogP contribution >= 0.6 is 0 Å². The van der Waals surface area contributed by atoms with Crippen LogP contribution in [0.5, 0.6) is 0 Å². The number of hydrogen-bond acceptors (Lipinski definition) is 18. The Labute approximate surface area is 604 Å². The Kier molecular flexibility index (Phi) is 56.1. The molecule has 0 aliphatic carbocycles. The van der Waals surface area contributed by atoms with E-state index in [1.165, 1.54) is 199 Å². The third kappa shape index (κ3) is 41.2. The van der Waals surface area contributed by atoms with Gasteiger partial charge in [-0.05, 0) is 83.5 Å². The summed E-state index contributed by atoms with van der Waals surface area (Å²) in [6.07, 6.45) is 53.1. The second-order valence-electron chi connectivity index (χ2n) is 28.5. The molecule has 12 N–H and O–H groups in total. The topological polar surface area (TPSA) is 307 Å². The molecule has 0 radical (unpaired) electrons. The lowest BCUT2D eigenvalue weighted by molar-refractivity contribution is -0.379. The highest BCUT2D eigenvalue weighted by molar-refractivity contribution is 5.76. The van der Waals surface area contributed by atoms with E-state index in [4.69, 9.17) is 28.4 Å². The van der Waals surface area contributed by atoms with Crippen LogP contribution in [0.1, 0.15) is 303 Å². The molecule has 19 nitrogen and oxygen atoms in total. The summed E-state index contributed by atoms with van der Waals surface area (Å²) in [5.74, 6) is -0.291. The molecular weight excluding hydrogens is 1270 g/mol. The number of amides is 1. The van der Waals surface area contributed by atoms with Gasteiger partial charge in [-0.2, -0.15) is 0 Å². The average molecular weight is 1420 g/mol. The van der Waals surface area contributed by atoms with Gasteiger partial charge in [0.2, 0.25) is 5.91 Å². The van der Waals surface area contributed by atoms with Crippen LogP contribution < -0.4 is 5.32 Å². The fourth-order valence-corrected chi connectivity index (χ4v) is 13.2. The Morgan fingerprint density at radius 3 is 1.07 bits per heavy atom. The quantitative estimate of drug-likeness (QED) is 0.0199. The van der Waals surface area contributed by atoms with E-state index in [1.54, 1.807) is 6.08 Å². The van der Waals surface area contributed by atoms with E-state index < -0.39 is 124 Å². The molecule has 0 aromatic carbocycles. The molecule has 3 rings (SSSR count). The van der Waals surface area contributed by atoms with Crippen molar-refractivity contribution in [1.82, 2.24) is 5.32 Å². The molecular formula is C81H145NO18. The van der Waals surface area contributed by atoms with Crippen LogP contribution in [0.4, 0.5) is 0 Å². The number of unbranched alkanes of at least 4 members (excludes halogenated alkanes) is 37. The number of hydrogen-bond donors (Lipinski definition) is 12. The van der Waals surface area contributed by atoms with Gasteiger partial charge in [-0.3, -0.25) is 4.79 Å². The van der Waals surface area contributed by atoms with Crippen molar-refractivity contribution in [3.8, 4) is 0 Å². The van der Waals surface area contributed by atoms with Crippen LogP contribution in [0, 0.1) is 0 Å². The highest BCUT2D eigenvalue weighted by atomic mass is 16.8. The second kappa shape index (κ2) is 61.4. The lowest BCUT2D eigenvalue weighted by Crippen LogP contribution is -2.66. The van der Waals surface area contributed by atoms with Gasteiger partial charge >= 0.3 is 0 Å². The summed E-state index contributed by atoms with van der Waals surface area (Å²) in [5.41, 5.74) is 0. The number of aliphatic hydroxyl groups excluding tert-OH is 11. The summed E-state index contributed by atoms with van der Waals surface area (Å²) in [4.78, 5) is 13.5. The highest BCUT2D eigenvalue weighted by Crippen LogP contribution is 2.33. The first kappa shape index (κ1) is 91.4. The van der Waals surface area contributed by atoms with Gasteiger partial charge in [-0.1, -0.05) is 286 Å². The molecule has 3 heterocycles. The maximum Gasteiger partial charge on any atom is 0.220 e. The number of carbonyl (C=O) groups excluding carboxylic acids is 1. The molecule has 3 aliphatic heterocycles. The summed E-state index contributed by atoms with van der Waals surface area (Å²) in [5, 5.41) is 121. The van der Waals surface area contributed by atoms with Crippen molar-refractivity contribution in [3.05, 3.63) is 72.9 Å². The van der Waals surface area contributed by atoms with Gasteiger partial charge in [0, 0.05) is 6.42 Å². The number of allylic oxidation sites excluding steroid dienone is 11. The van der Waals surface area contributed by atoms with E-state index >= 15 is 0 Å². The maximum atomic E-state index is 13.5. The SMILES string of the molecule is CCCCCCC/C=C\C/C=C\C/C=C\CCCCCCCCCCCCCCC(=O)NC(COC1OC(CO)C(OC2OC(CO)C(OC3OC(CO)C(O)C(O)C3O)C(O)C2O)C(O)C1O)C(O)/C=C/CC/C=C/CC/C=C/CCCCCCCCCCCCCCCCCCCC. The van der Waals surface area contributed by atoms with Crippen LogP contribution in [-0.2, 0) is 33.2 Å². The third-order valence-electron chi connectivity index (χ3n) is 19.7. The number of ether oxygens (including phenoxy) is 6. The predicted molar refractivity (Wildman–Crippen MR) is 397 cm³/mol. The standard InChI is InChI=1S/C81H145NO18/c1-3-5-7-9-11-13-15-17-19-21-23-25-27-29-31-33-34-36-38-40-42-44-46-48-50-52-54-56-58-65(86)64(82-69(87)59-57-55-53-51-49-47-45-43-41-39-37-35-32-30-28-26-24-22-20-18-16-14-12-10-8-6-4-2)63-95-79-75(93)72(90)77(67(61-84)97-79)100-81-76(94)73(91)78(68(62-85)98-81)99-80-74(92)71(89)70(88)66(60-83)96-80/h16,18,22,24,28,30,40,42,48,50,56,58,64-68,70-81,83-86,88-94H,3-15,17,19-21,23,25-27,29,31-39,41,43-47,49,51-55,57,59-63H2,1-2H3,(H,82,87)/b18-16-,24-22-,30-28-,42-40+,50-48+,58-56+. The molecule has 100 heavy (non-hydrogen) atoms. The zero-order valence-corrected chi connectivity index (χ0v) is 62.2. The van der Waals surface area contributed by atoms with Crippen molar-refractivity contribution >= 4 is 5.91 Å². The van der Waals surface area contributed by atoms with Gasteiger partial charge in [0.1, 0.15) is 73.2 Å². The van der Waals surface area contributed by atoms with E-state index in [2.05, 4.69) is 79.9 Å². The molecule has 0 bridgehead atoms. The van der Waals surface area contributed by atoms with E-state index in [9.17, 15) is 61.0 Å². The van der Waals surface area contributed by atoms with Gasteiger partial charge in [-0.15, -0.1) is 0 Å². The van der Waals surface area contributed by atoms with Crippen LogP contribution in [-0.4, -0.2) is 193 Å². The van der Waals surface area contributed by atoms with Crippen molar-refractivity contribution in [2.45, 2.75) is 407 Å². The minimum absolute atomic E-state index is 0.227. The predicted octanol–water partition coefficient (Wildman–Crippen LogP) is 13.2. The van der Waals surface area contributed by atoms with Crippen LogP contribution in [0.25, 0.3) is 0 Å². The number of carbonyl (C=O) groups is 1. The summed E-state index contributed by atoms with van der Waals surface area (Å²) in [7, 11) is 0. The Hall–Kier alpha value is -2.77. The first-order valence-electron chi connectivity index (χ1n) is 40.2. The first-order valence-corrected chi connectivity index (χ1v) is 40.2. The summed E-state index contributed by atoms with van der Waals surface area (Å²) < 4.78 is 34.4. The molecule has 3 fully saturated rings. The Bertz CT molecular complexity index is 2090. The molecule has 3 saturated heterocycles. The van der Waals surface area contributed by atoms with Crippen molar-refractivity contribution in [2.75, 3.05) is 26.4 Å². The smallest absolute Gasteiger partial charge is 0.220 e. The van der Waals surface area contributed by atoms with Crippen molar-refractivity contribution in [1.29, 1.82) is 0 Å². The van der Waals surface area contributed by atoms with Crippen LogP contribution in [0.15, 0.2) is 72.9 Å². The monoisotopic (exact) mass is 1420 g/mol. The van der Waals surface area contributed by atoms with Gasteiger partial charge in [-0.25, -0.2) is 0 Å². The van der Waals surface area contributed by atoms with E-state index in [-0.39, 0.29) is 18.9 Å². The summed E-state index contributed by atoms with van der Waals surface area (Å²) >= 11 is 0. The zero-order chi connectivity index (χ0) is 72.5. The van der Waals surface area contributed by atoms with Gasteiger partial charge < -0.3 is 89.9 Å². The molecule has 0 aromatic rings. The second-order valence-corrected chi connectivity index (χ2v) is 28.5. The lowest BCUT2D eigenvalue weighted by atomic mass is 9.96. The normalized spacial score (nSPS) is 26.8. The van der Waals surface area contributed by atoms with E-state index in [0.717, 1.165) is 70.6 Å². The highest BCUT2D eigenvalue weighted by Gasteiger charge is 2.54. The largest absolute Gasteiger partial charge is 0.394 e. The maximum absolute atomic E-state index is 13.5. The first-order chi connectivity index (χ1) is 48.8. The van der Waals surface area contributed by atoms with E-state index in [0.29, 0.717) is 12.8 Å². The molecule has 582 valence electrons. The molecule has 17 unspecified atom stereocenters. The van der Waals surface area contributed by atoms with Gasteiger partial charge in [0.25, 0.3) is 0 Å². The minimum atomic E-state index is -1.99. The molecule has 1 amide bonds. The summed E-state index contributed by atoms with van der Waals surface area (Å²) in [6.45, 7) is 1.73.